The summed E-state index contributed by atoms with van der Waals surface area (Å²) < 4.78 is 6.23. The van der Waals surface area contributed by atoms with Gasteiger partial charge < -0.3 is 15.0 Å². The number of carbonyl (C=O) groups is 2. The fraction of sp³-hybridized carbons (Fsp3) is 0.562. The van der Waals surface area contributed by atoms with Crippen LogP contribution in [0.2, 0.25) is 0 Å². The smallest absolute Gasteiger partial charge is 0.410 e. The van der Waals surface area contributed by atoms with Crippen LogP contribution in [0.1, 0.15) is 33.6 Å². The Morgan fingerprint density at radius 3 is 2.74 bits per heavy atom. The van der Waals surface area contributed by atoms with Gasteiger partial charge in [0.05, 0.1) is 5.92 Å². The quantitative estimate of drug-likeness (QED) is 0.848. The molecule has 23 heavy (non-hydrogen) atoms. The number of amides is 2. The molecule has 1 fully saturated rings. The molecule has 0 aliphatic carbocycles. The van der Waals surface area contributed by atoms with E-state index in [1.165, 1.54) is 0 Å². The number of hydrogen-bond donors (Lipinski definition) is 1. The SMILES string of the molecule is CC(C)(C)OC(=O)N1CCCC(C(=O)Nc2ccc(Br)cn2)C1. The fourth-order valence-electron chi connectivity index (χ4n) is 2.36. The molecule has 1 aromatic rings. The van der Waals surface area contributed by atoms with E-state index < -0.39 is 5.60 Å². The van der Waals surface area contributed by atoms with E-state index in [1.807, 2.05) is 26.8 Å². The maximum absolute atomic E-state index is 12.4. The van der Waals surface area contributed by atoms with E-state index in [1.54, 1.807) is 17.2 Å². The highest BCUT2D eigenvalue weighted by Crippen LogP contribution is 2.21. The Hall–Kier alpha value is -1.63. The summed E-state index contributed by atoms with van der Waals surface area (Å²) in [5.41, 5.74) is -0.534. The maximum Gasteiger partial charge on any atom is 0.410 e. The monoisotopic (exact) mass is 383 g/mol. The maximum atomic E-state index is 12.4. The summed E-state index contributed by atoms with van der Waals surface area (Å²) in [7, 11) is 0. The number of likely N-dealkylation sites (tertiary alicyclic amines) is 1. The molecule has 7 heteroatoms. The average Bonchev–Trinajstić information content (AvgIpc) is 2.48. The Morgan fingerprint density at radius 2 is 2.13 bits per heavy atom. The number of anilines is 1. The van der Waals surface area contributed by atoms with Crippen LogP contribution in [-0.4, -0.2) is 40.6 Å². The van der Waals surface area contributed by atoms with Crippen LogP contribution in [0.5, 0.6) is 0 Å². The van der Waals surface area contributed by atoms with Crippen LogP contribution in [0.3, 0.4) is 0 Å². The van der Waals surface area contributed by atoms with Crippen LogP contribution in [-0.2, 0) is 9.53 Å². The van der Waals surface area contributed by atoms with Crippen molar-refractivity contribution in [2.24, 2.45) is 5.92 Å². The van der Waals surface area contributed by atoms with Gasteiger partial charge in [0.2, 0.25) is 5.91 Å². The summed E-state index contributed by atoms with van der Waals surface area (Å²) in [6, 6.07) is 3.55. The van der Waals surface area contributed by atoms with Gasteiger partial charge in [0.25, 0.3) is 0 Å². The molecule has 0 spiro atoms. The van der Waals surface area contributed by atoms with Crippen molar-refractivity contribution < 1.29 is 14.3 Å². The number of piperidine rings is 1. The lowest BCUT2D eigenvalue weighted by atomic mass is 9.97. The molecule has 2 heterocycles. The number of nitrogens with zero attached hydrogens (tertiary/aromatic N) is 2. The molecule has 1 saturated heterocycles. The lowest BCUT2D eigenvalue weighted by Gasteiger charge is -2.33. The van der Waals surface area contributed by atoms with Crippen molar-refractivity contribution in [2.75, 3.05) is 18.4 Å². The van der Waals surface area contributed by atoms with Gasteiger partial charge >= 0.3 is 6.09 Å². The second-order valence-corrected chi connectivity index (χ2v) is 7.53. The van der Waals surface area contributed by atoms with Crippen LogP contribution in [0.4, 0.5) is 10.6 Å². The number of halogens is 1. The van der Waals surface area contributed by atoms with Crippen molar-refractivity contribution in [2.45, 2.75) is 39.2 Å². The van der Waals surface area contributed by atoms with Crippen LogP contribution in [0.15, 0.2) is 22.8 Å². The van der Waals surface area contributed by atoms with Gasteiger partial charge in [-0.3, -0.25) is 4.79 Å². The van der Waals surface area contributed by atoms with E-state index in [0.29, 0.717) is 18.9 Å². The minimum Gasteiger partial charge on any atom is -0.444 e. The number of carbonyl (C=O) groups excluding carboxylic acids is 2. The number of ether oxygens (including phenoxy) is 1. The molecule has 0 radical (unpaired) electrons. The molecule has 0 aromatic carbocycles. The van der Waals surface area contributed by atoms with E-state index >= 15 is 0 Å². The summed E-state index contributed by atoms with van der Waals surface area (Å²) in [5, 5.41) is 2.80. The highest BCUT2D eigenvalue weighted by molar-refractivity contribution is 9.10. The van der Waals surface area contributed by atoms with Gasteiger partial charge in [-0.25, -0.2) is 9.78 Å². The van der Waals surface area contributed by atoms with Crippen LogP contribution in [0, 0.1) is 5.92 Å². The molecule has 2 rings (SSSR count). The topological polar surface area (TPSA) is 71.5 Å². The Labute approximate surface area is 144 Å². The van der Waals surface area contributed by atoms with Crippen molar-refractivity contribution >= 4 is 33.7 Å². The van der Waals surface area contributed by atoms with E-state index in [0.717, 1.165) is 17.3 Å². The van der Waals surface area contributed by atoms with Crippen LogP contribution < -0.4 is 5.32 Å². The van der Waals surface area contributed by atoms with Gasteiger partial charge in [-0.1, -0.05) is 0 Å². The van der Waals surface area contributed by atoms with Gasteiger partial charge in [0, 0.05) is 23.8 Å². The first kappa shape index (κ1) is 17.7. The fourth-order valence-corrected chi connectivity index (χ4v) is 2.60. The van der Waals surface area contributed by atoms with E-state index in [-0.39, 0.29) is 17.9 Å². The van der Waals surface area contributed by atoms with Crippen molar-refractivity contribution in [3.8, 4) is 0 Å². The predicted octanol–water partition coefficient (Wildman–Crippen LogP) is 3.43. The molecule has 0 saturated carbocycles. The summed E-state index contributed by atoms with van der Waals surface area (Å²) in [6.07, 6.45) is 2.80. The summed E-state index contributed by atoms with van der Waals surface area (Å²) in [5.74, 6) is 0.141. The molecule has 1 aromatic heterocycles. The predicted molar refractivity (Wildman–Crippen MR) is 91.1 cm³/mol. The summed E-state index contributed by atoms with van der Waals surface area (Å²) in [6.45, 7) is 6.49. The Bertz CT molecular complexity index is 569. The minimum atomic E-state index is -0.534. The van der Waals surface area contributed by atoms with Crippen molar-refractivity contribution in [3.05, 3.63) is 22.8 Å². The molecule has 1 atom stereocenters. The number of aromatic nitrogens is 1. The zero-order valence-corrected chi connectivity index (χ0v) is 15.2. The van der Waals surface area contributed by atoms with Gasteiger partial charge in [0.15, 0.2) is 0 Å². The third-order valence-corrected chi connectivity index (χ3v) is 3.89. The second kappa shape index (κ2) is 7.29. The molecular weight excluding hydrogens is 362 g/mol. The third kappa shape index (κ3) is 5.49. The third-order valence-electron chi connectivity index (χ3n) is 3.42. The lowest BCUT2D eigenvalue weighted by molar-refractivity contribution is -0.121. The summed E-state index contributed by atoms with van der Waals surface area (Å²) >= 11 is 3.30. The van der Waals surface area contributed by atoms with Crippen LogP contribution >= 0.6 is 15.9 Å². The van der Waals surface area contributed by atoms with Crippen molar-refractivity contribution in [1.29, 1.82) is 0 Å². The van der Waals surface area contributed by atoms with E-state index in [2.05, 4.69) is 26.2 Å². The first-order valence-electron chi connectivity index (χ1n) is 7.65. The normalized spacial score (nSPS) is 18.4. The lowest BCUT2D eigenvalue weighted by Crippen LogP contribution is -2.45. The Balaban J connectivity index is 1.93. The number of nitrogens with one attached hydrogen (secondary N) is 1. The summed E-state index contributed by atoms with van der Waals surface area (Å²) in [4.78, 5) is 30.2. The van der Waals surface area contributed by atoms with Gasteiger partial charge in [0.1, 0.15) is 11.4 Å². The zero-order valence-electron chi connectivity index (χ0n) is 13.6. The standard InChI is InChI=1S/C16H22BrN3O3/c1-16(2,3)23-15(22)20-8-4-5-11(10-20)14(21)19-13-7-6-12(17)9-18-13/h6-7,9,11H,4-5,8,10H2,1-3H3,(H,18,19,21). The van der Waals surface area contributed by atoms with Crippen molar-refractivity contribution in [1.82, 2.24) is 9.88 Å². The second-order valence-electron chi connectivity index (χ2n) is 6.62. The molecule has 0 bridgehead atoms. The molecule has 2 amide bonds. The molecule has 1 N–H and O–H groups in total. The zero-order chi connectivity index (χ0) is 17.0. The van der Waals surface area contributed by atoms with Gasteiger partial charge in [-0.05, 0) is 61.7 Å². The minimum absolute atomic E-state index is 0.118. The first-order valence-corrected chi connectivity index (χ1v) is 8.44. The van der Waals surface area contributed by atoms with Gasteiger partial charge in [-0.15, -0.1) is 0 Å². The van der Waals surface area contributed by atoms with Crippen molar-refractivity contribution in [3.63, 3.8) is 0 Å². The highest BCUT2D eigenvalue weighted by atomic mass is 79.9. The number of hydrogen-bond acceptors (Lipinski definition) is 4. The highest BCUT2D eigenvalue weighted by Gasteiger charge is 2.31. The Morgan fingerprint density at radius 1 is 1.39 bits per heavy atom. The molecule has 1 aliphatic heterocycles. The molecule has 1 unspecified atom stereocenters. The molecule has 1 aliphatic rings. The van der Waals surface area contributed by atoms with Crippen LogP contribution in [0.25, 0.3) is 0 Å². The largest absolute Gasteiger partial charge is 0.444 e. The molecule has 6 nitrogen and oxygen atoms in total. The number of rotatable bonds is 2. The van der Waals surface area contributed by atoms with E-state index in [4.69, 9.17) is 4.74 Å². The molecule has 126 valence electrons. The average molecular weight is 384 g/mol. The number of pyridine rings is 1. The first-order chi connectivity index (χ1) is 10.7. The Kier molecular flexibility index (Phi) is 5.62. The van der Waals surface area contributed by atoms with Gasteiger partial charge in [-0.2, -0.15) is 0 Å². The van der Waals surface area contributed by atoms with E-state index in [9.17, 15) is 9.59 Å². The molecular formula is C16H22BrN3O3.